The number of carbonyl (C=O) groups is 2. The highest BCUT2D eigenvalue weighted by atomic mass is 32.2. The van der Waals surface area contributed by atoms with Gasteiger partial charge in [-0.25, -0.2) is 13.2 Å². The van der Waals surface area contributed by atoms with E-state index in [9.17, 15) is 28.1 Å². The van der Waals surface area contributed by atoms with Gasteiger partial charge in [0.25, 0.3) is 5.91 Å². The second kappa shape index (κ2) is 8.06. The van der Waals surface area contributed by atoms with Gasteiger partial charge in [0.15, 0.2) is 0 Å². The summed E-state index contributed by atoms with van der Waals surface area (Å²) in [6, 6.07) is 3.28. The highest BCUT2D eigenvalue weighted by Gasteiger charge is 2.39. The van der Waals surface area contributed by atoms with E-state index < -0.39 is 34.6 Å². The van der Waals surface area contributed by atoms with Crippen LogP contribution >= 0.6 is 0 Å². The molecule has 1 saturated heterocycles. The number of carboxylic acid groups (broad SMARTS) is 1. The Bertz CT molecular complexity index is 962. The van der Waals surface area contributed by atoms with Crippen molar-refractivity contribution in [3.63, 3.8) is 0 Å². The molecule has 0 unspecified atom stereocenters. The molecule has 1 fully saturated rings. The molecule has 2 heterocycles. The molecule has 0 aromatic heterocycles. The van der Waals surface area contributed by atoms with Gasteiger partial charge in [0, 0.05) is 19.6 Å². The van der Waals surface area contributed by atoms with E-state index in [4.69, 9.17) is 15.1 Å². The fourth-order valence-electron chi connectivity index (χ4n) is 3.44. The van der Waals surface area contributed by atoms with Gasteiger partial charge in [0.1, 0.15) is 28.7 Å². The molecule has 0 radical (unpaired) electrons. The molecular weight excluding hydrogens is 417 g/mol. The van der Waals surface area contributed by atoms with Crippen molar-refractivity contribution in [2.24, 2.45) is 5.73 Å². The van der Waals surface area contributed by atoms with Gasteiger partial charge in [-0.05, 0) is 31.3 Å². The van der Waals surface area contributed by atoms with Crippen LogP contribution in [-0.4, -0.2) is 80.0 Å². The highest BCUT2D eigenvalue weighted by Crippen LogP contribution is 2.37. The van der Waals surface area contributed by atoms with Crippen LogP contribution in [0, 0.1) is 0 Å². The predicted molar refractivity (Wildman–Crippen MR) is 107 cm³/mol. The normalized spacial score (nSPS) is 19.1. The van der Waals surface area contributed by atoms with Gasteiger partial charge in [-0.1, -0.05) is 6.07 Å². The molecule has 5 N–H and O–H groups in total. The molecule has 0 aliphatic carbocycles. The maximum atomic E-state index is 12.0. The minimum atomic E-state index is -3.72. The number of fused-ring (bicyclic) bond motifs is 1. The number of carbonyl (C=O) groups excluding carboxylic acids is 1. The van der Waals surface area contributed by atoms with E-state index in [-0.39, 0.29) is 29.7 Å². The summed E-state index contributed by atoms with van der Waals surface area (Å²) in [5, 5.41) is 19.3. The van der Waals surface area contributed by atoms with E-state index in [2.05, 4.69) is 0 Å². The first-order valence-electron chi connectivity index (χ1n) is 9.30. The summed E-state index contributed by atoms with van der Waals surface area (Å²) >= 11 is 0. The predicted octanol–water partition coefficient (Wildman–Crippen LogP) is -1.34. The van der Waals surface area contributed by atoms with Crippen LogP contribution in [-0.2, 0) is 21.2 Å². The third-order valence-corrected chi connectivity index (χ3v) is 5.45. The lowest BCUT2D eigenvalue weighted by Gasteiger charge is -2.42. The Morgan fingerprint density at radius 1 is 1.43 bits per heavy atom. The molecule has 0 spiro atoms. The van der Waals surface area contributed by atoms with Crippen molar-refractivity contribution in [2.45, 2.75) is 31.3 Å². The lowest BCUT2D eigenvalue weighted by Crippen LogP contribution is -2.64. The summed E-state index contributed by atoms with van der Waals surface area (Å²) < 4.78 is 35.5. The van der Waals surface area contributed by atoms with Crippen molar-refractivity contribution in [1.29, 1.82) is 0 Å². The number of nitrogens with one attached hydrogen (secondary N) is 1. The van der Waals surface area contributed by atoms with Crippen LogP contribution < -0.4 is 19.8 Å². The number of hydrogen-bond acceptors (Lipinski definition) is 9. The van der Waals surface area contributed by atoms with Crippen molar-refractivity contribution in [2.75, 3.05) is 25.9 Å². The molecule has 2 aliphatic rings. The first kappa shape index (κ1) is 22.3. The van der Waals surface area contributed by atoms with Crippen molar-refractivity contribution >= 4 is 29.0 Å². The van der Waals surface area contributed by atoms with Gasteiger partial charge in [-0.15, -0.1) is 0 Å². The number of benzene rings is 1. The smallest absolute Gasteiger partial charge is 0.522 e. The van der Waals surface area contributed by atoms with Gasteiger partial charge in [0.2, 0.25) is 10.0 Å². The zero-order chi connectivity index (χ0) is 22.3. The molecule has 1 atom stereocenters. The van der Waals surface area contributed by atoms with Gasteiger partial charge < -0.3 is 25.3 Å². The lowest BCUT2D eigenvalue weighted by atomic mass is 9.78. The van der Waals surface area contributed by atoms with Crippen LogP contribution in [0.25, 0.3) is 0 Å². The average Bonchev–Trinajstić information content (AvgIpc) is 2.57. The Balaban J connectivity index is 1.63. The topological polar surface area (TPSA) is 168 Å². The van der Waals surface area contributed by atoms with E-state index in [1.165, 1.54) is 6.92 Å². The monoisotopic (exact) mass is 441 g/mol. The van der Waals surface area contributed by atoms with E-state index in [1.54, 1.807) is 17.0 Å². The van der Waals surface area contributed by atoms with E-state index in [1.807, 2.05) is 4.72 Å². The summed E-state index contributed by atoms with van der Waals surface area (Å²) in [7, 11) is -4.78. The minimum absolute atomic E-state index is 0.0967. The zero-order valence-corrected chi connectivity index (χ0v) is 17.4. The largest absolute Gasteiger partial charge is 0.535 e. The Morgan fingerprint density at radius 2 is 2.10 bits per heavy atom. The third-order valence-electron chi connectivity index (χ3n) is 4.90. The molecule has 11 nitrogen and oxygen atoms in total. The Kier molecular flexibility index (Phi) is 6.00. The van der Waals surface area contributed by atoms with Crippen LogP contribution in [0.1, 0.15) is 22.8 Å². The standard InChI is InChI=1S/C17H24BN3O8S/c1-17(19,16(24)20-30(2,26)27)9-21-7-11(8-21)28-12-4-3-10-5-6-18(25)29-14(10)13(12)15(22)23/h3-4,11,25H,5-9,19H2,1-2H3,(H,20,24)(H,22,23)/t17-/m1/s1. The Labute approximate surface area is 174 Å². The molecule has 0 bridgehead atoms. The van der Waals surface area contributed by atoms with Crippen LogP contribution in [0.2, 0.25) is 6.32 Å². The zero-order valence-electron chi connectivity index (χ0n) is 16.6. The fraction of sp³-hybridized carbons (Fsp3) is 0.529. The van der Waals surface area contributed by atoms with Crippen LogP contribution in [0.15, 0.2) is 12.1 Å². The SMILES string of the molecule is C[C@@](N)(CN1CC(Oc2ccc3c(c2C(=O)O)OB(O)CC3)C1)C(=O)NS(C)(=O)=O. The maximum absolute atomic E-state index is 12.0. The van der Waals surface area contributed by atoms with Gasteiger partial charge in [0.05, 0.1) is 6.26 Å². The van der Waals surface area contributed by atoms with E-state index in [0.717, 1.165) is 6.26 Å². The van der Waals surface area contributed by atoms with Crippen molar-refractivity contribution in [3.8, 4) is 11.5 Å². The molecule has 2 aliphatic heterocycles. The molecule has 1 amide bonds. The number of aromatic carboxylic acids is 1. The molecule has 1 aromatic rings. The van der Waals surface area contributed by atoms with Crippen LogP contribution in [0.5, 0.6) is 11.5 Å². The van der Waals surface area contributed by atoms with Crippen molar-refractivity contribution < 1.29 is 37.5 Å². The first-order chi connectivity index (χ1) is 13.9. The molecule has 30 heavy (non-hydrogen) atoms. The number of nitrogens with two attached hydrogens (primary N) is 1. The number of aryl methyl sites for hydroxylation is 1. The number of rotatable bonds is 7. The average molecular weight is 441 g/mol. The molecule has 13 heteroatoms. The summed E-state index contributed by atoms with van der Waals surface area (Å²) in [5.41, 5.74) is 5.07. The number of likely N-dealkylation sites (tertiary alicyclic amines) is 1. The second-order valence-electron chi connectivity index (χ2n) is 7.90. The first-order valence-corrected chi connectivity index (χ1v) is 11.2. The van der Waals surface area contributed by atoms with E-state index >= 15 is 0 Å². The number of ether oxygens (including phenoxy) is 1. The van der Waals surface area contributed by atoms with Gasteiger partial charge in [-0.3, -0.25) is 14.4 Å². The summed E-state index contributed by atoms with van der Waals surface area (Å²) in [5.74, 6) is -1.79. The molecule has 1 aromatic carbocycles. The Hall–Kier alpha value is -2.35. The third kappa shape index (κ3) is 5.03. The van der Waals surface area contributed by atoms with Crippen LogP contribution in [0.3, 0.4) is 0 Å². The number of amides is 1. The molecule has 0 saturated carbocycles. The van der Waals surface area contributed by atoms with Crippen molar-refractivity contribution in [3.05, 3.63) is 23.3 Å². The van der Waals surface area contributed by atoms with E-state index in [0.29, 0.717) is 31.4 Å². The summed E-state index contributed by atoms with van der Waals surface area (Å²) in [4.78, 5) is 25.6. The maximum Gasteiger partial charge on any atom is 0.522 e. The minimum Gasteiger partial charge on any atom is -0.535 e. The second-order valence-corrected chi connectivity index (χ2v) is 9.65. The molecule has 164 valence electrons. The van der Waals surface area contributed by atoms with Gasteiger partial charge in [-0.2, -0.15) is 0 Å². The summed E-state index contributed by atoms with van der Waals surface area (Å²) in [6.07, 6.45) is 1.41. The van der Waals surface area contributed by atoms with Gasteiger partial charge >= 0.3 is 13.1 Å². The highest BCUT2D eigenvalue weighted by molar-refractivity contribution is 7.89. The Morgan fingerprint density at radius 3 is 2.70 bits per heavy atom. The lowest BCUT2D eigenvalue weighted by molar-refractivity contribution is -0.125. The number of sulfonamides is 1. The molecular formula is C17H24BN3O8S. The quantitative estimate of drug-likeness (QED) is 0.372. The van der Waals surface area contributed by atoms with Crippen molar-refractivity contribution in [1.82, 2.24) is 9.62 Å². The van der Waals surface area contributed by atoms with Crippen LogP contribution in [0.4, 0.5) is 0 Å². The molecule has 3 rings (SSSR count). The summed E-state index contributed by atoms with van der Waals surface area (Å²) in [6.45, 7) is 2.27. The number of nitrogens with zero attached hydrogens (tertiary/aromatic N) is 1. The fourth-order valence-corrected chi connectivity index (χ4v) is 4.01. The number of carboxylic acids is 1. The number of hydrogen-bond donors (Lipinski definition) is 4.